The van der Waals surface area contributed by atoms with E-state index in [9.17, 15) is 19.7 Å². The molecule has 0 bridgehead atoms. The molecule has 0 saturated heterocycles. The Morgan fingerprint density at radius 1 is 1.48 bits per heavy atom. The monoisotopic (exact) mass is 293 g/mol. The van der Waals surface area contributed by atoms with Gasteiger partial charge in [0.1, 0.15) is 6.54 Å². The van der Waals surface area contributed by atoms with Crippen LogP contribution in [0.25, 0.3) is 0 Å². The molecule has 0 spiro atoms. The van der Waals surface area contributed by atoms with Crippen molar-refractivity contribution in [3.8, 4) is 0 Å². The second-order valence-electron chi connectivity index (χ2n) is 5.78. The summed E-state index contributed by atoms with van der Waals surface area (Å²) in [6.45, 7) is 4.56. The van der Waals surface area contributed by atoms with Gasteiger partial charge in [0.15, 0.2) is 0 Å². The highest BCUT2D eigenvalue weighted by atomic mass is 16.6. The molecule has 0 radical (unpaired) electrons. The van der Waals surface area contributed by atoms with Gasteiger partial charge < -0.3 is 4.90 Å². The van der Waals surface area contributed by atoms with Crippen molar-refractivity contribution >= 4 is 11.6 Å². The first-order valence-corrected chi connectivity index (χ1v) is 7.03. The maximum Gasteiger partial charge on any atom is 0.285 e. The van der Waals surface area contributed by atoms with Gasteiger partial charge in [-0.25, -0.2) is 0 Å². The van der Waals surface area contributed by atoms with Crippen LogP contribution in [0.1, 0.15) is 26.7 Å². The first kappa shape index (κ1) is 15.2. The number of aromatic nitrogens is 1. The molecule has 0 aromatic carbocycles. The number of amides is 1. The van der Waals surface area contributed by atoms with Gasteiger partial charge in [-0.15, -0.1) is 0 Å². The lowest BCUT2D eigenvalue weighted by Crippen LogP contribution is -2.39. The second kappa shape index (κ2) is 6.07. The van der Waals surface area contributed by atoms with Crippen molar-refractivity contribution in [1.29, 1.82) is 0 Å². The third-order valence-electron chi connectivity index (χ3n) is 3.35. The highest BCUT2D eigenvalue weighted by molar-refractivity contribution is 5.76. The van der Waals surface area contributed by atoms with Gasteiger partial charge in [0.2, 0.25) is 5.91 Å². The molecule has 1 fully saturated rings. The van der Waals surface area contributed by atoms with Crippen molar-refractivity contribution in [3.63, 3.8) is 0 Å². The highest BCUT2D eigenvalue weighted by Crippen LogP contribution is 2.27. The van der Waals surface area contributed by atoms with Crippen LogP contribution in [0.3, 0.4) is 0 Å². The van der Waals surface area contributed by atoms with Crippen LogP contribution in [-0.4, -0.2) is 32.9 Å². The summed E-state index contributed by atoms with van der Waals surface area (Å²) in [4.78, 5) is 36.0. The molecule has 1 aromatic rings. The maximum atomic E-state index is 12.4. The normalized spacial score (nSPS) is 14.2. The van der Waals surface area contributed by atoms with Gasteiger partial charge in [0.05, 0.1) is 11.1 Å². The zero-order valence-corrected chi connectivity index (χ0v) is 12.2. The topological polar surface area (TPSA) is 85.4 Å². The summed E-state index contributed by atoms with van der Waals surface area (Å²) in [5.41, 5.74) is -0.599. The average Bonchev–Trinajstić information content (AvgIpc) is 3.22. The third-order valence-corrected chi connectivity index (χ3v) is 3.35. The van der Waals surface area contributed by atoms with Crippen LogP contribution in [0.5, 0.6) is 0 Å². The Morgan fingerprint density at radius 2 is 2.14 bits per heavy atom. The minimum atomic E-state index is -0.576. The average molecular weight is 293 g/mol. The van der Waals surface area contributed by atoms with Crippen molar-refractivity contribution in [2.24, 2.45) is 5.92 Å². The van der Waals surface area contributed by atoms with Crippen LogP contribution in [0, 0.1) is 16.0 Å². The molecule has 1 aliphatic rings. The predicted molar refractivity (Wildman–Crippen MR) is 76.9 cm³/mol. The number of carbonyl (C=O) groups is 1. The molecule has 1 saturated carbocycles. The SMILES string of the molecule is CC(C)CN(C(=O)Cn1cc([N+](=O)[O-])ccc1=O)C1CC1. The fourth-order valence-electron chi connectivity index (χ4n) is 2.22. The van der Waals surface area contributed by atoms with Gasteiger partial charge in [-0.1, -0.05) is 13.8 Å². The molecule has 1 heterocycles. The molecule has 0 aliphatic heterocycles. The van der Waals surface area contributed by atoms with Crippen molar-refractivity contribution in [3.05, 3.63) is 38.8 Å². The minimum Gasteiger partial charge on any atom is -0.338 e. The second-order valence-corrected chi connectivity index (χ2v) is 5.78. The molecule has 0 unspecified atom stereocenters. The van der Waals surface area contributed by atoms with E-state index >= 15 is 0 Å². The van der Waals surface area contributed by atoms with E-state index in [4.69, 9.17) is 0 Å². The van der Waals surface area contributed by atoms with E-state index in [0.717, 1.165) is 35.7 Å². The molecular weight excluding hydrogens is 274 g/mol. The van der Waals surface area contributed by atoms with Crippen LogP contribution < -0.4 is 5.56 Å². The Hall–Kier alpha value is -2.18. The van der Waals surface area contributed by atoms with Crippen LogP contribution in [0.2, 0.25) is 0 Å². The summed E-state index contributed by atoms with van der Waals surface area (Å²) in [6.07, 6.45) is 3.10. The van der Waals surface area contributed by atoms with E-state index in [-0.39, 0.29) is 24.2 Å². The highest BCUT2D eigenvalue weighted by Gasteiger charge is 2.32. The molecule has 0 atom stereocenters. The summed E-state index contributed by atoms with van der Waals surface area (Å²) in [6, 6.07) is 2.53. The Morgan fingerprint density at radius 3 is 2.67 bits per heavy atom. The number of pyridine rings is 1. The lowest BCUT2D eigenvalue weighted by Gasteiger charge is -2.24. The number of rotatable bonds is 6. The molecule has 1 aliphatic carbocycles. The van der Waals surface area contributed by atoms with Gasteiger partial charge in [0, 0.05) is 24.7 Å². The lowest BCUT2D eigenvalue weighted by molar-refractivity contribution is -0.385. The summed E-state index contributed by atoms with van der Waals surface area (Å²) < 4.78 is 1.11. The van der Waals surface area contributed by atoms with E-state index in [1.54, 1.807) is 4.90 Å². The fraction of sp³-hybridized carbons (Fsp3) is 0.571. The first-order valence-electron chi connectivity index (χ1n) is 7.03. The third kappa shape index (κ3) is 3.90. The quantitative estimate of drug-likeness (QED) is 0.586. The van der Waals surface area contributed by atoms with Crippen molar-refractivity contribution < 1.29 is 9.72 Å². The molecule has 2 rings (SSSR count). The fourth-order valence-corrected chi connectivity index (χ4v) is 2.22. The van der Waals surface area contributed by atoms with Crippen molar-refractivity contribution in [2.45, 2.75) is 39.3 Å². The molecule has 1 aromatic heterocycles. The lowest BCUT2D eigenvalue weighted by atomic mass is 10.2. The van der Waals surface area contributed by atoms with E-state index in [0.29, 0.717) is 12.5 Å². The van der Waals surface area contributed by atoms with Crippen molar-refractivity contribution in [1.82, 2.24) is 9.47 Å². The molecule has 0 N–H and O–H groups in total. The van der Waals surface area contributed by atoms with Gasteiger partial charge in [-0.05, 0) is 18.8 Å². The Kier molecular flexibility index (Phi) is 4.40. The number of hydrogen-bond donors (Lipinski definition) is 0. The van der Waals surface area contributed by atoms with Gasteiger partial charge in [-0.3, -0.25) is 24.3 Å². The maximum absolute atomic E-state index is 12.4. The van der Waals surface area contributed by atoms with Crippen LogP contribution in [0.15, 0.2) is 23.1 Å². The van der Waals surface area contributed by atoms with Crippen LogP contribution >= 0.6 is 0 Å². The zero-order chi connectivity index (χ0) is 15.6. The smallest absolute Gasteiger partial charge is 0.285 e. The molecule has 114 valence electrons. The van der Waals surface area contributed by atoms with Gasteiger partial charge >= 0.3 is 0 Å². The van der Waals surface area contributed by atoms with Gasteiger partial charge in [0.25, 0.3) is 11.2 Å². The molecule has 7 nitrogen and oxygen atoms in total. The van der Waals surface area contributed by atoms with Crippen LogP contribution in [0.4, 0.5) is 5.69 Å². The molecule has 21 heavy (non-hydrogen) atoms. The molecular formula is C14H19N3O4. The largest absolute Gasteiger partial charge is 0.338 e. The number of hydrogen-bond acceptors (Lipinski definition) is 4. The Labute approximate surface area is 122 Å². The Bertz CT molecular complexity index is 604. The van der Waals surface area contributed by atoms with Crippen molar-refractivity contribution in [2.75, 3.05) is 6.54 Å². The number of carbonyl (C=O) groups excluding carboxylic acids is 1. The Balaban J connectivity index is 2.16. The summed E-state index contributed by atoms with van der Waals surface area (Å²) >= 11 is 0. The predicted octanol–water partition coefficient (Wildman–Crippen LogP) is 1.40. The number of nitrogens with zero attached hydrogens (tertiary/aromatic N) is 3. The van der Waals surface area contributed by atoms with E-state index in [1.165, 1.54) is 0 Å². The van der Waals surface area contributed by atoms with E-state index < -0.39 is 10.5 Å². The number of nitro groups is 1. The van der Waals surface area contributed by atoms with E-state index in [2.05, 4.69) is 0 Å². The first-order chi connectivity index (χ1) is 9.88. The standard InChI is InChI=1S/C14H19N3O4/c1-10(2)7-16(11-3-4-11)14(19)9-15-8-12(17(20)21)5-6-13(15)18/h5-6,8,10-11H,3-4,7,9H2,1-2H3. The summed E-state index contributed by atoms with van der Waals surface area (Å²) in [7, 11) is 0. The summed E-state index contributed by atoms with van der Waals surface area (Å²) in [5.74, 6) is 0.185. The zero-order valence-electron chi connectivity index (χ0n) is 12.2. The van der Waals surface area contributed by atoms with Crippen LogP contribution in [-0.2, 0) is 11.3 Å². The molecule has 1 amide bonds. The van der Waals surface area contributed by atoms with E-state index in [1.807, 2.05) is 13.8 Å². The molecule has 7 heteroatoms. The van der Waals surface area contributed by atoms with Gasteiger partial charge in [-0.2, -0.15) is 0 Å². The summed E-state index contributed by atoms with van der Waals surface area (Å²) in [5, 5.41) is 10.7. The minimum absolute atomic E-state index is 0.149.